The van der Waals surface area contributed by atoms with Gasteiger partial charge < -0.3 is 18.6 Å². The summed E-state index contributed by atoms with van der Waals surface area (Å²) in [6.45, 7) is 0.477. The molecular weight excluding hydrogens is 484 g/mol. The summed E-state index contributed by atoms with van der Waals surface area (Å²) in [5.74, 6) is 1.97. The molecule has 6 aromatic rings. The third kappa shape index (κ3) is 4.22. The summed E-state index contributed by atoms with van der Waals surface area (Å²) in [4.78, 5) is 10.1. The van der Waals surface area contributed by atoms with Crippen LogP contribution in [0.15, 0.2) is 64.5 Å². The Labute approximate surface area is 208 Å². The van der Waals surface area contributed by atoms with Gasteiger partial charge in [0.25, 0.3) is 5.19 Å². The van der Waals surface area contributed by atoms with Crippen LogP contribution in [0.25, 0.3) is 38.0 Å². The highest BCUT2D eigenvalue weighted by Gasteiger charge is 2.17. The van der Waals surface area contributed by atoms with Crippen LogP contribution < -0.4 is 14.2 Å². The molecule has 0 aliphatic carbocycles. The summed E-state index contributed by atoms with van der Waals surface area (Å²) in [7, 11) is 3.21. The van der Waals surface area contributed by atoms with Crippen molar-refractivity contribution in [2.45, 2.75) is 6.42 Å². The number of hydrogen-bond acceptors (Lipinski definition) is 9. The van der Waals surface area contributed by atoms with Gasteiger partial charge in [0.2, 0.25) is 4.96 Å². The zero-order chi connectivity index (χ0) is 23.8. The number of methoxy groups -OCH3 is 2. The van der Waals surface area contributed by atoms with Gasteiger partial charge in [-0.1, -0.05) is 30.3 Å². The van der Waals surface area contributed by atoms with Crippen LogP contribution in [0.3, 0.4) is 0 Å². The molecule has 35 heavy (non-hydrogen) atoms. The molecule has 4 heterocycles. The van der Waals surface area contributed by atoms with Gasteiger partial charge in [0.05, 0.1) is 38.1 Å². The molecule has 0 unspecified atom stereocenters. The van der Waals surface area contributed by atoms with E-state index in [9.17, 15) is 0 Å². The molecule has 176 valence electrons. The van der Waals surface area contributed by atoms with Gasteiger partial charge in [-0.25, -0.2) is 14.5 Å². The third-order valence-electron chi connectivity index (χ3n) is 5.45. The van der Waals surface area contributed by atoms with Crippen molar-refractivity contribution in [2.24, 2.45) is 0 Å². The lowest BCUT2D eigenvalue weighted by atomic mass is 10.2. The van der Waals surface area contributed by atoms with Crippen molar-refractivity contribution in [1.29, 1.82) is 0 Å². The first-order valence-corrected chi connectivity index (χ1v) is 12.5. The number of fused-ring (bicyclic) bond motifs is 2. The van der Waals surface area contributed by atoms with E-state index in [4.69, 9.17) is 23.6 Å². The predicted molar refractivity (Wildman–Crippen MR) is 136 cm³/mol. The highest BCUT2D eigenvalue weighted by Crippen LogP contribution is 2.37. The highest BCUT2D eigenvalue weighted by atomic mass is 32.1. The molecule has 4 aromatic heterocycles. The lowest BCUT2D eigenvalue weighted by molar-refractivity contribution is 0.321. The molecule has 0 amide bonds. The van der Waals surface area contributed by atoms with Gasteiger partial charge >= 0.3 is 0 Å². The van der Waals surface area contributed by atoms with E-state index in [2.05, 4.69) is 27.6 Å². The summed E-state index contributed by atoms with van der Waals surface area (Å²) < 4.78 is 24.6. The topological polar surface area (TPSA) is 83.9 Å². The zero-order valence-electron chi connectivity index (χ0n) is 18.9. The van der Waals surface area contributed by atoms with Gasteiger partial charge in [-0.2, -0.15) is 0 Å². The molecule has 0 spiro atoms. The molecule has 0 aliphatic heterocycles. The van der Waals surface area contributed by atoms with Crippen molar-refractivity contribution < 1.29 is 18.6 Å². The molecule has 8 nitrogen and oxygen atoms in total. The molecule has 2 aromatic carbocycles. The number of imidazole rings is 1. The lowest BCUT2D eigenvalue weighted by Gasteiger charge is -2.08. The van der Waals surface area contributed by atoms with E-state index in [1.165, 1.54) is 11.3 Å². The van der Waals surface area contributed by atoms with E-state index >= 15 is 0 Å². The number of rotatable bonds is 8. The minimum Gasteiger partial charge on any atom is -0.496 e. The van der Waals surface area contributed by atoms with Crippen molar-refractivity contribution in [2.75, 3.05) is 20.8 Å². The minimum absolute atomic E-state index is 0.477. The van der Waals surface area contributed by atoms with Crippen molar-refractivity contribution in [1.82, 2.24) is 19.6 Å². The van der Waals surface area contributed by atoms with Gasteiger partial charge in [-0.15, -0.1) is 16.4 Å². The monoisotopic (exact) mass is 504 g/mol. The maximum absolute atomic E-state index is 6.18. The third-order valence-corrected chi connectivity index (χ3v) is 7.27. The first kappa shape index (κ1) is 21.6. The Bertz CT molecular complexity index is 1590. The zero-order valence-corrected chi connectivity index (χ0v) is 20.6. The standard InChI is InChI=1S/C25H20N4O4S2/c1-30-17-10-20(32-9-8-16-14-34-23(26-16)15-6-4-3-5-7-15)18-12-22(33-21(18)11-17)19-13-29-24(27-19)35-25(28-29)31-2/h3-7,10-14H,8-9H2,1-2H3. The Morgan fingerprint density at radius 1 is 1.03 bits per heavy atom. The molecule has 0 aliphatic rings. The number of benzene rings is 2. The number of nitrogens with zero attached hydrogens (tertiary/aromatic N) is 4. The molecule has 0 saturated carbocycles. The quantitative estimate of drug-likeness (QED) is 0.253. The van der Waals surface area contributed by atoms with Crippen LogP contribution in [-0.2, 0) is 6.42 Å². The molecule has 6 rings (SSSR count). The molecule has 0 atom stereocenters. The number of furan rings is 1. The van der Waals surface area contributed by atoms with Crippen LogP contribution in [0.1, 0.15) is 5.69 Å². The number of thiazole rings is 1. The van der Waals surface area contributed by atoms with Crippen molar-refractivity contribution in [3.8, 4) is 38.7 Å². The van der Waals surface area contributed by atoms with Gasteiger partial charge in [0.1, 0.15) is 27.8 Å². The van der Waals surface area contributed by atoms with E-state index in [1.54, 1.807) is 30.1 Å². The number of aromatic nitrogens is 4. The highest BCUT2D eigenvalue weighted by molar-refractivity contribution is 7.18. The average molecular weight is 505 g/mol. The Morgan fingerprint density at radius 3 is 2.71 bits per heavy atom. The summed E-state index contributed by atoms with van der Waals surface area (Å²) in [5, 5.41) is 8.82. The molecule has 0 radical (unpaired) electrons. The van der Waals surface area contributed by atoms with E-state index < -0.39 is 0 Å². The van der Waals surface area contributed by atoms with E-state index in [-0.39, 0.29) is 0 Å². The minimum atomic E-state index is 0.477. The smallest absolute Gasteiger partial charge is 0.294 e. The first-order chi connectivity index (χ1) is 17.2. The maximum Gasteiger partial charge on any atom is 0.294 e. The summed E-state index contributed by atoms with van der Waals surface area (Å²) >= 11 is 3.01. The average Bonchev–Trinajstić information content (AvgIpc) is 3.66. The normalized spacial score (nSPS) is 11.4. The van der Waals surface area contributed by atoms with Crippen molar-refractivity contribution >= 4 is 38.6 Å². The Hall–Kier alpha value is -3.89. The number of ether oxygens (including phenoxy) is 3. The van der Waals surface area contributed by atoms with Crippen LogP contribution >= 0.6 is 22.7 Å². The maximum atomic E-state index is 6.18. The fraction of sp³-hybridized carbons (Fsp3) is 0.160. The fourth-order valence-corrected chi connectivity index (χ4v) is 5.29. The lowest BCUT2D eigenvalue weighted by Crippen LogP contribution is -2.02. The Balaban J connectivity index is 1.23. The predicted octanol–water partition coefficient (Wildman–Crippen LogP) is 5.97. The fourth-order valence-electron chi connectivity index (χ4n) is 3.73. The van der Waals surface area contributed by atoms with Gasteiger partial charge in [-0.05, 0) is 17.4 Å². The van der Waals surface area contributed by atoms with Crippen LogP contribution in [-0.4, -0.2) is 40.4 Å². The number of hydrogen-bond donors (Lipinski definition) is 0. The van der Waals surface area contributed by atoms with Crippen molar-refractivity contribution in [3.05, 3.63) is 65.8 Å². The first-order valence-electron chi connectivity index (χ1n) is 10.8. The summed E-state index contributed by atoms with van der Waals surface area (Å²) in [5.41, 5.74) is 3.47. The molecular formula is C25H20N4O4S2. The SMILES string of the molecule is COc1cc(OCCc2csc(-c3ccccc3)n2)c2cc(-c3cn4nc(OC)sc4n3)oc2c1. The molecule has 0 N–H and O–H groups in total. The largest absolute Gasteiger partial charge is 0.496 e. The Kier molecular flexibility index (Phi) is 5.59. The van der Waals surface area contributed by atoms with Crippen LogP contribution in [0, 0.1) is 0 Å². The van der Waals surface area contributed by atoms with E-state index in [1.807, 2.05) is 42.6 Å². The second-order valence-electron chi connectivity index (χ2n) is 7.68. The molecule has 0 saturated heterocycles. The van der Waals surface area contributed by atoms with Crippen molar-refractivity contribution in [3.63, 3.8) is 0 Å². The van der Waals surface area contributed by atoms with E-state index in [0.717, 1.165) is 26.6 Å². The molecule has 0 fully saturated rings. The van der Waals surface area contributed by atoms with E-state index in [0.29, 0.717) is 46.8 Å². The summed E-state index contributed by atoms with van der Waals surface area (Å²) in [6, 6.07) is 15.8. The van der Waals surface area contributed by atoms with Crippen LogP contribution in [0.5, 0.6) is 16.7 Å². The van der Waals surface area contributed by atoms with Gasteiger partial charge in [-0.3, -0.25) is 0 Å². The summed E-state index contributed by atoms with van der Waals surface area (Å²) in [6.07, 6.45) is 2.51. The van der Waals surface area contributed by atoms with Crippen LogP contribution in [0.2, 0.25) is 0 Å². The molecule has 10 heteroatoms. The second-order valence-corrected chi connectivity index (χ2v) is 9.46. The van der Waals surface area contributed by atoms with Gasteiger partial charge in [0.15, 0.2) is 5.76 Å². The second kappa shape index (κ2) is 9.05. The molecule has 0 bridgehead atoms. The van der Waals surface area contributed by atoms with Gasteiger partial charge in [0, 0.05) is 29.5 Å². The van der Waals surface area contributed by atoms with Crippen LogP contribution in [0.4, 0.5) is 0 Å². The Morgan fingerprint density at radius 2 is 1.91 bits per heavy atom.